The second kappa shape index (κ2) is 10.6. The van der Waals surface area contributed by atoms with Gasteiger partial charge in [-0.05, 0) is 43.3 Å². The highest BCUT2D eigenvalue weighted by atomic mass is 32.2. The van der Waals surface area contributed by atoms with Crippen LogP contribution < -0.4 is 0 Å². The fourth-order valence-electron chi connectivity index (χ4n) is 3.42. The summed E-state index contributed by atoms with van der Waals surface area (Å²) in [4.78, 5) is 26.3. The van der Waals surface area contributed by atoms with Crippen LogP contribution in [-0.4, -0.2) is 42.4 Å². The van der Waals surface area contributed by atoms with Crippen molar-refractivity contribution in [3.05, 3.63) is 102 Å². The van der Waals surface area contributed by atoms with Gasteiger partial charge < -0.3 is 14.2 Å². The Morgan fingerprint density at radius 3 is 1.88 bits per heavy atom. The topological polar surface area (TPSA) is 61.8 Å². The van der Waals surface area contributed by atoms with Crippen LogP contribution in [0, 0.1) is 6.92 Å². The van der Waals surface area contributed by atoms with Gasteiger partial charge in [-0.3, -0.25) is 0 Å². The van der Waals surface area contributed by atoms with E-state index in [9.17, 15) is 14.0 Å². The molecule has 1 aliphatic rings. The average Bonchev–Trinajstić information content (AvgIpc) is 3.13. The Bertz CT molecular complexity index is 1070. The summed E-state index contributed by atoms with van der Waals surface area (Å²) in [5.41, 5.74) is 1.72. The van der Waals surface area contributed by atoms with Gasteiger partial charge in [-0.2, -0.15) is 0 Å². The fraction of sp³-hybridized carbons (Fsp3) is 0.231. The maximum atomic E-state index is 14.9. The minimum absolute atomic E-state index is 0.273. The highest BCUT2D eigenvalue weighted by molar-refractivity contribution is 7.99. The van der Waals surface area contributed by atoms with Crippen molar-refractivity contribution in [2.45, 2.75) is 36.5 Å². The zero-order valence-electron chi connectivity index (χ0n) is 17.9. The SMILES string of the molecule is Cc1ccc(SC[C@H]2O[C@@H](F)[C@H](OC(=O)c3ccccc3)[C@@H]2OC(=O)c2ccccc2)cc1. The monoisotopic (exact) mass is 466 g/mol. The summed E-state index contributed by atoms with van der Waals surface area (Å²) in [5, 5.41) is 0. The maximum absolute atomic E-state index is 14.9. The number of esters is 2. The zero-order chi connectivity index (χ0) is 23.2. The zero-order valence-corrected chi connectivity index (χ0v) is 18.7. The number of aryl methyl sites for hydroxylation is 1. The number of rotatable bonds is 7. The normalized spacial score (nSPS) is 22.0. The predicted molar refractivity (Wildman–Crippen MR) is 123 cm³/mol. The van der Waals surface area contributed by atoms with Crippen LogP contribution in [0.5, 0.6) is 0 Å². The van der Waals surface area contributed by atoms with Gasteiger partial charge in [-0.25, -0.2) is 14.0 Å². The maximum Gasteiger partial charge on any atom is 0.338 e. The Hall–Kier alpha value is -3.16. The third-order valence-electron chi connectivity index (χ3n) is 5.19. The molecule has 0 amide bonds. The van der Waals surface area contributed by atoms with Crippen LogP contribution in [0.15, 0.2) is 89.8 Å². The molecule has 0 unspecified atom stereocenters. The predicted octanol–water partition coefficient (Wildman–Crippen LogP) is 5.23. The van der Waals surface area contributed by atoms with E-state index in [4.69, 9.17) is 14.2 Å². The number of alkyl halides is 1. The summed E-state index contributed by atoms with van der Waals surface area (Å²) in [6.07, 6.45) is -5.20. The second-order valence-corrected chi connectivity index (χ2v) is 8.72. The number of carbonyl (C=O) groups is 2. The molecule has 3 aromatic carbocycles. The lowest BCUT2D eigenvalue weighted by Crippen LogP contribution is -2.40. The summed E-state index contributed by atoms with van der Waals surface area (Å²) in [5.74, 6) is -1.03. The first kappa shape index (κ1) is 23.0. The molecular weight excluding hydrogens is 443 g/mol. The summed E-state index contributed by atoms with van der Waals surface area (Å²) in [6.45, 7) is 1.99. The lowest BCUT2D eigenvalue weighted by Gasteiger charge is -2.23. The highest BCUT2D eigenvalue weighted by Crippen LogP contribution is 2.33. The van der Waals surface area contributed by atoms with E-state index < -0.39 is 36.6 Å². The van der Waals surface area contributed by atoms with E-state index >= 15 is 0 Å². The number of carbonyl (C=O) groups excluding carboxylic acids is 2. The summed E-state index contributed by atoms with van der Waals surface area (Å²) in [6, 6.07) is 24.5. The minimum Gasteiger partial charge on any atom is -0.452 e. The van der Waals surface area contributed by atoms with E-state index in [1.54, 1.807) is 60.7 Å². The molecule has 4 atom stereocenters. The van der Waals surface area contributed by atoms with Crippen LogP contribution in [0.4, 0.5) is 4.39 Å². The first-order valence-corrected chi connectivity index (χ1v) is 11.5. The van der Waals surface area contributed by atoms with Crippen molar-refractivity contribution < 1.29 is 28.2 Å². The van der Waals surface area contributed by atoms with E-state index in [-0.39, 0.29) is 5.56 Å². The lowest BCUT2D eigenvalue weighted by atomic mass is 10.1. The Kier molecular flexibility index (Phi) is 7.42. The van der Waals surface area contributed by atoms with Gasteiger partial charge in [-0.1, -0.05) is 54.1 Å². The van der Waals surface area contributed by atoms with Crippen molar-refractivity contribution in [2.24, 2.45) is 0 Å². The largest absolute Gasteiger partial charge is 0.452 e. The minimum atomic E-state index is -1.92. The summed E-state index contributed by atoms with van der Waals surface area (Å²) < 4.78 is 31.4. The first-order chi connectivity index (χ1) is 16.0. The fourth-order valence-corrected chi connectivity index (χ4v) is 4.38. The molecule has 7 heteroatoms. The Labute approximate surface area is 195 Å². The third-order valence-corrected chi connectivity index (χ3v) is 6.29. The highest BCUT2D eigenvalue weighted by Gasteiger charge is 2.50. The quantitative estimate of drug-likeness (QED) is 0.351. The van der Waals surface area contributed by atoms with Crippen molar-refractivity contribution in [3.8, 4) is 0 Å². The first-order valence-electron chi connectivity index (χ1n) is 10.5. The smallest absolute Gasteiger partial charge is 0.338 e. The Morgan fingerprint density at radius 1 is 0.818 bits per heavy atom. The molecule has 0 spiro atoms. The molecule has 1 heterocycles. The van der Waals surface area contributed by atoms with Crippen molar-refractivity contribution in [1.29, 1.82) is 0 Å². The van der Waals surface area contributed by atoms with Gasteiger partial charge >= 0.3 is 11.9 Å². The molecule has 0 radical (unpaired) electrons. The number of benzene rings is 3. The molecule has 1 aliphatic heterocycles. The van der Waals surface area contributed by atoms with Crippen LogP contribution in [-0.2, 0) is 14.2 Å². The van der Waals surface area contributed by atoms with Crippen LogP contribution in [0.3, 0.4) is 0 Å². The van der Waals surface area contributed by atoms with Gasteiger partial charge in [0.25, 0.3) is 0 Å². The van der Waals surface area contributed by atoms with Gasteiger partial charge in [0.15, 0.2) is 12.2 Å². The average molecular weight is 467 g/mol. The van der Waals surface area contributed by atoms with E-state index in [1.165, 1.54) is 11.8 Å². The molecule has 0 aromatic heterocycles. The van der Waals surface area contributed by atoms with E-state index in [0.29, 0.717) is 11.3 Å². The van der Waals surface area contributed by atoms with Crippen LogP contribution >= 0.6 is 11.8 Å². The van der Waals surface area contributed by atoms with Crippen molar-refractivity contribution in [3.63, 3.8) is 0 Å². The number of halogens is 1. The number of hydrogen-bond acceptors (Lipinski definition) is 6. The third kappa shape index (κ3) is 5.80. The van der Waals surface area contributed by atoms with Gasteiger partial charge in [0.1, 0.15) is 6.10 Å². The van der Waals surface area contributed by atoms with Gasteiger partial charge in [0.05, 0.1) is 11.1 Å². The molecule has 1 fully saturated rings. The van der Waals surface area contributed by atoms with Crippen molar-refractivity contribution >= 4 is 23.7 Å². The summed E-state index contributed by atoms with van der Waals surface area (Å²) >= 11 is 1.45. The molecule has 1 saturated heterocycles. The Balaban J connectivity index is 1.52. The van der Waals surface area contributed by atoms with Gasteiger partial charge in [0, 0.05) is 10.6 Å². The molecule has 0 bridgehead atoms. The van der Waals surface area contributed by atoms with Crippen LogP contribution in [0.1, 0.15) is 26.3 Å². The van der Waals surface area contributed by atoms with Gasteiger partial charge in [-0.15, -0.1) is 11.8 Å². The molecule has 0 saturated carbocycles. The standard InChI is InChI=1S/C26H23FO5S/c1-17-12-14-20(15-13-17)33-16-21-22(31-25(28)18-8-4-2-5-9-18)23(24(27)30-21)32-26(29)19-10-6-3-7-11-19/h2-15,21-24H,16H2,1H3/t21-,22-,23-,24-/m1/s1. The van der Waals surface area contributed by atoms with E-state index in [0.717, 1.165) is 10.5 Å². The number of ether oxygens (including phenoxy) is 3. The number of hydrogen-bond donors (Lipinski definition) is 0. The molecule has 170 valence electrons. The van der Waals surface area contributed by atoms with Crippen molar-refractivity contribution in [1.82, 2.24) is 0 Å². The summed E-state index contributed by atoms with van der Waals surface area (Å²) in [7, 11) is 0. The molecular formula is C26H23FO5S. The molecule has 33 heavy (non-hydrogen) atoms. The number of thioether (sulfide) groups is 1. The lowest BCUT2D eigenvalue weighted by molar-refractivity contribution is -0.0763. The van der Waals surface area contributed by atoms with Crippen LogP contribution in [0.25, 0.3) is 0 Å². The molecule has 0 N–H and O–H groups in total. The second-order valence-electron chi connectivity index (χ2n) is 7.62. The van der Waals surface area contributed by atoms with Crippen LogP contribution in [0.2, 0.25) is 0 Å². The van der Waals surface area contributed by atoms with Crippen molar-refractivity contribution in [2.75, 3.05) is 5.75 Å². The van der Waals surface area contributed by atoms with E-state index in [2.05, 4.69) is 0 Å². The molecule has 4 rings (SSSR count). The van der Waals surface area contributed by atoms with Gasteiger partial charge in [0.2, 0.25) is 6.36 Å². The molecule has 0 aliphatic carbocycles. The Morgan fingerprint density at radius 2 is 1.33 bits per heavy atom. The molecule has 5 nitrogen and oxygen atoms in total. The van der Waals surface area contributed by atoms with E-state index in [1.807, 2.05) is 31.2 Å². The molecule has 3 aromatic rings.